The monoisotopic (exact) mass is 898 g/mol. The Kier molecular flexibility index (Phi) is 25.0. The van der Waals surface area contributed by atoms with Gasteiger partial charge in [0.25, 0.3) is 0 Å². The molecule has 0 aromatic heterocycles. The lowest BCUT2D eigenvalue weighted by molar-refractivity contribution is -0.439. The number of halogens is 17. The number of alkyl halides is 17. The fourth-order valence-corrected chi connectivity index (χ4v) is 10.8. The summed E-state index contributed by atoms with van der Waals surface area (Å²) in [5.41, 5.74) is 0. The lowest BCUT2D eigenvalue weighted by Gasteiger charge is -2.40. The first-order valence-corrected chi connectivity index (χ1v) is 22.7. The van der Waals surface area contributed by atoms with Crippen molar-refractivity contribution in [3.63, 3.8) is 0 Å². The van der Waals surface area contributed by atoms with E-state index in [-0.39, 0.29) is 0 Å². The first kappa shape index (κ1) is 57.2. The Hall–Kier alpha value is -0.850. The van der Waals surface area contributed by atoms with Crippen LogP contribution in [0.2, 0.25) is 0 Å². The van der Waals surface area contributed by atoms with E-state index in [4.69, 9.17) is 0 Å². The van der Waals surface area contributed by atoms with E-state index in [2.05, 4.69) is 0 Å². The fourth-order valence-electron chi connectivity index (χ4n) is 5.80. The van der Waals surface area contributed by atoms with Crippen LogP contribution in [0.4, 0.5) is 74.6 Å². The second-order valence-electron chi connectivity index (χ2n) is 14.1. The van der Waals surface area contributed by atoms with Crippen LogP contribution in [0.1, 0.15) is 143 Å². The zero-order valence-electron chi connectivity index (χ0n) is 31.8. The first-order chi connectivity index (χ1) is 25.3. The highest BCUT2D eigenvalue weighted by atomic mass is 32.2. The molecule has 22 heteroatoms. The van der Waals surface area contributed by atoms with Gasteiger partial charge >= 0.3 is 47.5 Å². The van der Waals surface area contributed by atoms with Crippen molar-refractivity contribution < 1.29 is 87.6 Å². The second kappa shape index (κ2) is 24.4. The van der Waals surface area contributed by atoms with E-state index >= 15 is 0 Å². The molecule has 0 aromatic rings. The molecular weight excluding hydrogens is 842 g/mol. The molecule has 0 spiro atoms. The Morgan fingerprint density at radius 1 is 0.446 bits per heavy atom. The average Bonchev–Trinajstić information content (AvgIpc) is 3.07. The lowest BCUT2D eigenvalue weighted by atomic mass is 9.93. The molecular formula is C34H56F17O3PS. The molecule has 0 saturated carbocycles. The van der Waals surface area contributed by atoms with Gasteiger partial charge < -0.3 is 4.55 Å². The minimum atomic E-state index is -7.84. The Morgan fingerprint density at radius 3 is 0.982 bits per heavy atom. The summed E-state index contributed by atoms with van der Waals surface area (Å²) >= 11 is 0. The molecule has 0 N–H and O–H groups in total. The summed E-state index contributed by atoms with van der Waals surface area (Å²) in [7, 11) is -8.79. The molecule has 0 unspecified atom stereocenters. The minimum absolute atomic E-state index is 0.406. The summed E-state index contributed by atoms with van der Waals surface area (Å²) in [6, 6.07) is 0. The highest BCUT2D eigenvalue weighted by Gasteiger charge is 2.90. The van der Waals surface area contributed by atoms with Gasteiger partial charge in [0.05, 0.1) is 31.1 Å². The molecule has 3 nitrogen and oxygen atoms in total. The summed E-state index contributed by atoms with van der Waals surface area (Å²) in [6.45, 7) is 6.07. The zero-order valence-corrected chi connectivity index (χ0v) is 33.6. The third-order valence-corrected chi connectivity index (χ3v) is 15.3. The lowest BCUT2D eigenvalue weighted by Crippen LogP contribution is -2.70. The maximum atomic E-state index is 15.0. The van der Waals surface area contributed by atoms with Gasteiger partial charge in [0.15, 0.2) is 10.1 Å². The standard InChI is InChI=1S/C32H55F13P.C2H2F4O3S/c1-4-7-10-13-16-19-23-46(24-20-17-14-11-8-5-2,25-21-18-15-12-9-6-3)26-22-27(33,34)28(35,36)29(37,38)30(39,40)31(41,42)32(43,44)45;3-1(4)2(5,6)10(7,8)9/h4-26H2,1-3H3;1H,(H,7,8,9)/q+1;/p-1. The van der Waals surface area contributed by atoms with E-state index in [0.717, 1.165) is 96.3 Å². The molecule has 0 bridgehead atoms. The van der Waals surface area contributed by atoms with E-state index in [9.17, 15) is 87.6 Å². The number of unbranched alkanes of at least 4 members (excludes halogenated alkanes) is 15. The predicted molar refractivity (Wildman–Crippen MR) is 183 cm³/mol. The molecule has 56 heavy (non-hydrogen) atoms. The molecule has 0 fully saturated rings. The van der Waals surface area contributed by atoms with Crippen molar-refractivity contribution in [1.82, 2.24) is 0 Å². The van der Waals surface area contributed by atoms with Crippen LogP contribution in [0, 0.1) is 0 Å². The van der Waals surface area contributed by atoms with Gasteiger partial charge in [0, 0.05) is 7.26 Å². The average molecular weight is 899 g/mol. The van der Waals surface area contributed by atoms with Gasteiger partial charge in [0.1, 0.15) is 0 Å². The highest BCUT2D eigenvalue weighted by Crippen LogP contribution is 2.65. The second-order valence-corrected chi connectivity index (χ2v) is 20.0. The van der Waals surface area contributed by atoms with Crippen molar-refractivity contribution in [2.24, 2.45) is 0 Å². The van der Waals surface area contributed by atoms with Crippen LogP contribution in [0.5, 0.6) is 0 Å². The van der Waals surface area contributed by atoms with Crippen molar-refractivity contribution in [1.29, 1.82) is 0 Å². The Balaban J connectivity index is 0. The van der Waals surface area contributed by atoms with Crippen molar-refractivity contribution in [2.45, 2.75) is 190 Å². The molecule has 0 aliphatic rings. The van der Waals surface area contributed by atoms with Gasteiger partial charge in [0.2, 0.25) is 0 Å². The van der Waals surface area contributed by atoms with Crippen molar-refractivity contribution in [3.8, 4) is 0 Å². The number of rotatable bonds is 30. The first-order valence-electron chi connectivity index (χ1n) is 18.8. The Bertz CT molecular complexity index is 1130. The van der Waals surface area contributed by atoms with Crippen molar-refractivity contribution in [2.75, 3.05) is 24.6 Å². The minimum Gasteiger partial charge on any atom is -0.743 e. The van der Waals surface area contributed by atoms with Gasteiger partial charge in [-0.3, -0.25) is 0 Å². The highest BCUT2D eigenvalue weighted by molar-refractivity contribution is 7.86. The van der Waals surface area contributed by atoms with Crippen LogP contribution >= 0.6 is 7.26 Å². The number of hydrogen-bond donors (Lipinski definition) is 0. The molecule has 0 aromatic carbocycles. The molecule has 0 saturated heterocycles. The smallest absolute Gasteiger partial charge is 0.460 e. The largest absolute Gasteiger partial charge is 0.743 e. The topological polar surface area (TPSA) is 57.2 Å². The van der Waals surface area contributed by atoms with E-state index < -0.39 is 77.4 Å². The zero-order chi connectivity index (χ0) is 44.3. The maximum Gasteiger partial charge on any atom is 0.460 e. The molecule has 0 aliphatic heterocycles. The maximum absolute atomic E-state index is 15.0. The van der Waals surface area contributed by atoms with Gasteiger partial charge in [-0.05, 0) is 38.5 Å². The Morgan fingerprint density at radius 2 is 0.732 bits per heavy atom. The SMILES string of the molecule is CCCCCCCC[P+](CCCCCCCC)(CCCCCCCC)CCC(F)(F)C(F)(F)C(F)(F)C(F)(F)C(F)(F)C(F)(F)F.O=S(=O)([O-])C(F)(F)C(F)F. The van der Waals surface area contributed by atoms with E-state index in [1.54, 1.807) is 0 Å². The van der Waals surface area contributed by atoms with Gasteiger partial charge in [-0.1, -0.05) is 97.8 Å². The quantitative estimate of drug-likeness (QED) is 0.0312. The van der Waals surface area contributed by atoms with Crippen molar-refractivity contribution >= 4 is 17.4 Å². The van der Waals surface area contributed by atoms with Crippen molar-refractivity contribution in [3.05, 3.63) is 0 Å². The molecule has 0 rings (SSSR count). The summed E-state index contributed by atoms with van der Waals surface area (Å²) in [4.78, 5) is 0. The van der Waals surface area contributed by atoms with E-state index in [1.807, 2.05) is 20.8 Å². The third kappa shape index (κ3) is 16.7. The summed E-state index contributed by atoms with van der Waals surface area (Å²) < 4.78 is 252. The van der Waals surface area contributed by atoms with E-state index in [0.29, 0.717) is 37.7 Å². The summed E-state index contributed by atoms with van der Waals surface area (Å²) in [6.07, 6.45) is 1.88. The third-order valence-electron chi connectivity index (χ3n) is 9.44. The van der Waals surface area contributed by atoms with Gasteiger partial charge in [-0.15, -0.1) is 0 Å². The normalized spacial score (nSPS) is 14.3. The molecule has 0 aliphatic carbocycles. The van der Waals surface area contributed by atoms with Gasteiger partial charge in [-0.2, -0.15) is 65.9 Å². The van der Waals surface area contributed by atoms with E-state index in [1.165, 1.54) is 0 Å². The van der Waals surface area contributed by atoms with Gasteiger partial charge in [-0.25, -0.2) is 17.2 Å². The van der Waals surface area contributed by atoms with Crippen LogP contribution in [-0.2, 0) is 10.1 Å². The predicted octanol–water partition coefficient (Wildman–Crippen LogP) is 14.6. The van der Waals surface area contributed by atoms with Crippen LogP contribution in [-0.4, -0.2) is 85.1 Å². The fraction of sp³-hybridized carbons (Fsp3) is 1.00. The molecule has 0 heterocycles. The molecule has 0 radical (unpaired) electrons. The molecule has 0 atom stereocenters. The van der Waals surface area contributed by atoms with Crippen LogP contribution in [0.15, 0.2) is 0 Å². The molecule has 340 valence electrons. The molecule has 0 amide bonds. The van der Waals surface area contributed by atoms with Crippen LogP contribution in [0.25, 0.3) is 0 Å². The summed E-state index contributed by atoms with van der Waals surface area (Å²) in [5, 5.41) is -5.48. The van der Waals surface area contributed by atoms with Crippen LogP contribution < -0.4 is 0 Å². The van der Waals surface area contributed by atoms with Crippen LogP contribution in [0.3, 0.4) is 0 Å². The number of hydrogen-bond acceptors (Lipinski definition) is 3. The Labute approximate surface area is 319 Å². The summed E-state index contributed by atoms with van der Waals surface area (Å²) in [5.74, 6) is -36.4.